The van der Waals surface area contributed by atoms with Crippen molar-refractivity contribution in [2.75, 3.05) is 13.1 Å². The molecule has 2 aromatic heterocycles. The third-order valence-electron chi connectivity index (χ3n) is 5.21. The van der Waals surface area contributed by atoms with Crippen molar-refractivity contribution in [1.82, 2.24) is 14.3 Å². The van der Waals surface area contributed by atoms with Gasteiger partial charge in [0.2, 0.25) is 21.2 Å². The number of carbonyl (C=O) groups excluding carboxylic acids is 1. The Morgan fingerprint density at radius 1 is 1.15 bits per heavy atom. The molecule has 9 nitrogen and oxygen atoms in total. The number of thioether (sulfide) groups is 1. The van der Waals surface area contributed by atoms with Gasteiger partial charge in [0, 0.05) is 31.0 Å². The first-order valence-corrected chi connectivity index (χ1v) is 13.1. The standard InChI is InChI=1S/C23H23N3O6S2/c1-16-9-10-24-23(25-16)33-15-18-13-20(27)21(14-31-18)32-22(28)17-5-7-19(8-6-17)34(29,30)26-11-3-2-4-12-26/h5-10,13-14H,2-4,11-12,15H2,1H3. The second-order valence-electron chi connectivity index (χ2n) is 7.72. The quantitative estimate of drug-likeness (QED) is 0.272. The van der Waals surface area contributed by atoms with E-state index in [4.69, 9.17) is 9.15 Å². The molecular weight excluding hydrogens is 478 g/mol. The van der Waals surface area contributed by atoms with E-state index in [1.54, 1.807) is 12.3 Å². The van der Waals surface area contributed by atoms with Gasteiger partial charge < -0.3 is 9.15 Å². The van der Waals surface area contributed by atoms with E-state index in [1.165, 1.54) is 46.4 Å². The third kappa shape index (κ3) is 5.72. The minimum atomic E-state index is -3.60. The molecular formula is C23H23N3O6S2. The Morgan fingerprint density at radius 3 is 2.56 bits per heavy atom. The van der Waals surface area contributed by atoms with Crippen LogP contribution in [-0.2, 0) is 15.8 Å². The van der Waals surface area contributed by atoms with Crippen molar-refractivity contribution in [2.24, 2.45) is 0 Å². The molecule has 1 saturated heterocycles. The lowest BCUT2D eigenvalue weighted by Gasteiger charge is -2.25. The molecule has 0 bridgehead atoms. The number of carbonyl (C=O) groups is 1. The fourth-order valence-corrected chi connectivity index (χ4v) is 5.68. The number of rotatable bonds is 7. The topological polar surface area (TPSA) is 120 Å². The normalized spacial score (nSPS) is 14.6. The van der Waals surface area contributed by atoms with Gasteiger partial charge in [0.25, 0.3) is 0 Å². The summed E-state index contributed by atoms with van der Waals surface area (Å²) in [6.45, 7) is 2.85. The molecule has 1 fully saturated rings. The minimum Gasteiger partial charge on any atom is -0.464 e. The Bertz CT molecular complexity index is 1330. The highest BCUT2D eigenvalue weighted by atomic mass is 32.2. The van der Waals surface area contributed by atoms with Crippen LogP contribution in [0.3, 0.4) is 0 Å². The van der Waals surface area contributed by atoms with Crippen LogP contribution in [0.1, 0.15) is 41.1 Å². The van der Waals surface area contributed by atoms with Crippen molar-refractivity contribution in [3.05, 3.63) is 76.1 Å². The molecule has 0 amide bonds. The van der Waals surface area contributed by atoms with Crippen LogP contribution in [0.15, 0.2) is 68.1 Å². The van der Waals surface area contributed by atoms with E-state index >= 15 is 0 Å². The van der Waals surface area contributed by atoms with E-state index in [0.717, 1.165) is 31.2 Å². The average Bonchev–Trinajstić information content (AvgIpc) is 2.85. The van der Waals surface area contributed by atoms with Crippen LogP contribution in [0.4, 0.5) is 0 Å². The first-order chi connectivity index (χ1) is 16.3. The molecule has 0 N–H and O–H groups in total. The average molecular weight is 502 g/mol. The molecule has 4 rings (SSSR count). The van der Waals surface area contributed by atoms with Gasteiger partial charge in [-0.15, -0.1) is 0 Å². The van der Waals surface area contributed by atoms with Crippen LogP contribution in [0, 0.1) is 6.92 Å². The third-order valence-corrected chi connectivity index (χ3v) is 8.01. The SMILES string of the molecule is Cc1ccnc(SCc2cc(=O)c(OC(=O)c3ccc(S(=O)(=O)N4CCCCC4)cc3)co2)n1. The number of hydrogen-bond acceptors (Lipinski definition) is 9. The van der Waals surface area contributed by atoms with Crippen molar-refractivity contribution < 1.29 is 22.4 Å². The number of benzene rings is 1. The molecule has 178 valence electrons. The zero-order valence-electron chi connectivity index (χ0n) is 18.5. The number of hydrogen-bond donors (Lipinski definition) is 0. The molecule has 0 saturated carbocycles. The molecule has 0 atom stereocenters. The summed E-state index contributed by atoms with van der Waals surface area (Å²) in [6, 6.07) is 8.52. The highest BCUT2D eigenvalue weighted by Gasteiger charge is 2.26. The van der Waals surface area contributed by atoms with Gasteiger partial charge in [-0.25, -0.2) is 23.2 Å². The number of aromatic nitrogens is 2. The number of piperidine rings is 1. The smallest absolute Gasteiger partial charge is 0.343 e. The molecule has 1 aliphatic rings. The summed E-state index contributed by atoms with van der Waals surface area (Å²) >= 11 is 1.31. The Balaban J connectivity index is 1.39. The van der Waals surface area contributed by atoms with Crippen molar-refractivity contribution in [1.29, 1.82) is 0 Å². The first-order valence-electron chi connectivity index (χ1n) is 10.7. The number of sulfonamides is 1. The monoisotopic (exact) mass is 501 g/mol. The highest BCUT2D eigenvalue weighted by molar-refractivity contribution is 7.98. The maximum Gasteiger partial charge on any atom is 0.343 e. The fraction of sp³-hybridized carbons (Fsp3) is 0.304. The van der Waals surface area contributed by atoms with Crippen LogP contribution in [0.5, 0.6) is 5.75 Å². The van der Waals surface area contributed by atoms with Crippen molar-refractivity contribution >= 4 is 27.8 Å². The van der Waals surface area contributed by atoms with E-state index in [1.807, 2.05) is 6.92 Å². The largest absolute Gasteiger partial charge is 0.464 e. The van der Waals surface area contributed by atoms with E-state index < -0.39 is 21.4 Å². The second-order valence-corrected chi connectivity index (χ2v) is 10.6. The van der Waals surface area contributed by atoms with Crippen LogP contribution in [0.2, 0.25) is 0 Å². The van der Waals surface area contributed by atoms with E-state index in [2.05, 4.69) is 9.97 Å². The van der Waals surface area contributed by atoms with Crippen molar-refractivity contribution in [2.45, 2.75) is 42.0 Å². The van der Waals surface area contributed by atoms with Crippen molar-refractivity contribution in [3.63, 3.8) is 0 Å². The molecule has 0 unspecified atom stereocenters. The molecule has 0 spiro atoms. The Morgan fingerprint density at radius 2 is 1.88 bits per heavy atom. The van der Waals surface area contributed by atoms with Gasteiger partial charge in [0.15, 0.2) is 5.16 Å². The van der Waals surface area contributed by atoms with Gasteiger partial charge in [-0.1, -0.05) is 18.2 Å². The fourth-order valence-electron chi connectivity index (χ4n) is 3.40. The summed E-state index contributed by atoms with van der Waals surface area (Å²) in [5, 5.41) is 0.559. The minimum absolute atomic E-state index is 0.116. The molecule has 1 aromatic carbocycles. The molecule has 1 aliphatic heterocycles. The summed E-state index contributed by atoms with van der Waals surface area (Å²) < 4.78 is 37.5. The summed E-state index contributed by atoms with van der Waals surface area (Å²) in [5.74, 6) is -0.327. The second kappa shape index (κ2) is 10.5. The molecule has 3 heterocycles. The zero-order valence-corrected chi connectivity index (χ0v) is 20.1. The van der Waals surface area contributed by atoms with Gasteiger partial charge in [0.05, 0.1) is 16.2 Å². The summed E-state index contributed by atoms with van der Waals surface area (Å²) in [6.07, 6.45) is 5.43. The predicted octanol–water partition coefficient (Wildman–Crippen LogP) is 3.42. The molecule has 3 aromatic rings. The number of ether oxygens (including phenoxy) is 1. The predicted molar refractivity (Wildman–Crippen MR) is 125 cm³/mol. The lowest BCUT2D eigenvalue weighted by Crippen LogP contribution is -2.35. The summed E-state index contributed by atoms with van der Waals surface area (Å²) in [5.41, 5.74) is 0.441. The summed E-state index contributed by atoms with van der Waals surface area (Å²) in [4.78, 5) is 33.4. The first kappa shape index (κ1) is 24.1. The van der Waals surface area contributed by atoms with Gasteiger partial charge in [-0.3, -0.25) is 4.79 Å². The van der Waals surface area contributed by atoms with Crippen LogP contribution in [-0.4, -0.2) is 41.7 Å². The lowest BCUT2D eigenvalue weighted by molar-refractivity contribution is 0.0728. The molecule has 0 radical (unpaired) electrons. The van der Waals surface area contributed by atoms with Gasteiger partial charge >= 0.3 is 5.97 Å². The van der Waals surface area contributed by atoms with Crippen LogP contribution in [0.25, 0.3) is 0 Å². The van der Waals surface area contributed by atoms with Gasteiger partial charge in [0.1, 0.15) is 12.0 Å². The van der Waals surface area contributed by atoms with Gasteiger partial charge in [-0.05, 0) is 50.1 Å². The summed E-state index contributed by atoms with van der Waals surface area (Å²) in [7, 11) is -3.60. The molecule has 11 heteroatoms. The highest BCUT2D eigenvalue weighted by Crippen LogP contribution is 2.22. The molecule has 0 aliphatic carbocycles. The molecule has 34 heavy (non-hydrogen) atoms. The Hall–Kier alpha value is -3.02. The number of nitrogens with zero attached hydrogens (tertiary/aromatic N) is 3. The number of aryl methyl sites for hydroxylation is 1. The Kier molecular flexibility index (Phi) is 7.44. The maximum absolute atomic E-state index is 12.7. The zero-order chi connectivity index (χ0) is 24.1. The van der Waals surface area contributed by atoms with E-state index in [0.29, 0.717) is 29.8 Å². The van der Waals surface area contributed by atoms with E-state index in [9.17, 15) is 18.0 Å². The van der Waals surface area contributed by atoms with Crippen molar-refractivity contribution in [3.8, 4) is 5.75 Å². The lowest BCUT2D eigenvalue weighted by atomic mass is 10.2. The van der Waals surface area contributed by atoms with E-state index in [-0.39, 0.29) is 16.2 Å². The van der Waals surface area contributed by atoms with Crippen LogP contribution < -0.4 is 10.2 Å². The Labute approximate surface area is 201 Å². The van der Waals surface area contributed by atoms with Crippen LogP contribution >= 0.6 is 11.8 Å². The van der Waals surface area contributed by atoms with Gasteiger partial charge in [-0.2, -0.15) is 4.31 Å². The maximum atomic E-state index is 12.7. The number of esters is 1.